The number of carbonyl (C=O) groups excluding carboxylic acids is 1. The lowest BCUT2D eigenvalue weighted by Crippen LogP contribution is -2.62. The van der Waals surface area contributed by atoms with E-state index in [0.29, 0.717) is 0 Å². The molecule has 27 heavy (non-hydrogen) atoms. The highest BCUT2D eigenvalue weighted by atomic mass is 16.2. The Morgan fingerprint density at radius 2 is 1.22 bits per heavy atom. The van der Waals surface area contributed by atoms with Gasteiger partial charge in [-0.1, -0.05) is 60.7 Å². The lowest BCUT2D eigenvalue weighted by Gasteiger charge is -2.57. The van der Waals surface area contributed by atoms with Crippen LogP contribution in [0.5, 0.6) is 0 Å². The van der Waals surface area contributed by atoms with Crippen molar-refractivity contribution < 1.29 is 4.79 Å². The fourth-order valence-electron chi connectivity index (χ4n) is 6.60. The molecule has 0 atom stereocenters. The van der Waals surface area contributed by atoms with E-state index in [4.69, 9.17) is 0 Å². The molecule has 0 spiro atoms. The molecule has 4 bridgehead atoms. The van der Waals surface area contributed by atoms with Gasteiger partial charge in [-0.05, 0) is 74.3 Å². The van der Waals surface area contributed by atoms with E-state index in [9.17, 15) is 4.79 Å². The fraction of sp³-hybridized carbons (Fsp3) is 0.480. The van der Waals surface area contributed by atoms with E-state index in [-0.39, 0.29) is 11.4 Å². The van der Waals surface area contributed by atoms with Crippen LogP contribution in [0.4, 0.5) is 0 Å². The predicted molar refractivity (Wildman–Crippen MR) is 108 cm³/mol. The molecule has 1 N–H and O–H groups in total. The Bertz CT molecular complexity index is 751. The molecule has 4 saturated carbocycles. The van der Waals surface area contributed by atoms with Gasteiger partial charge in [0.15, 0.2) is 0 Å². The van der Waals surface area contributed by atoms with E-state index >= 15 is 0 Å². The maximum absolute atomic E-state index is 13.8. The van der Waals surface area contributed by atoms with Crippen molar-refractivity contribution in [1.29, 1.82) is 0 Å². The highest BCUT2D eigenvalue weighted by Crippen LogP contribution is 2.56. The molecular weight excluding hydrogens is 330 g/mol. The molecule has 0 radical (unpaired) electrons. The van der Waals surface area contributed by atoms with Crippen LogP contribution in [0, 0.1) is 17.8 Å². The van der Waals surface area contributed by atoms with Crippen molar-refractivity contribution in [3.63, 3.8) is 0 Å². The van der Waals surface area contributed by atoms with Gasteiger partial charge in [-0.2, -0.15) is 0 Å². The number of hydrogen-bond acceptors (Lipinski definition) is 1. The molecule has 4 aliphatic carbocycles. The van der Waals surface area contributed by atoms with Crippen molar-refractivity contribution in [3.05, 3.63) is 71.8 Å². The lowest BCUT2D eigenvalue weighted by atomic mass is 9.53. The van der Waals surface area contributed by atoms with Crippen LogP contribution >= 0.6 is 0 Å². The zero-order valence-corrected chi connectivity index (χ0v) is 16.2. The Hall–Kier alpha value is -2.09. The van der Waals surface area contributed by atoms with Crippen LogP contribution in [0.2, 0.25) is 0 Å². The first-order chi connectivity index (χ1) is 13.1. The summed E-state index contributed by atoms with van der Waals surface area (Å²) in [6.45, 7) is 2.09. The van der Waals surface area contributed by atoms with Gasteiger partial charge in [-0.3, -0.25) is 4.79 Å². The van der Waals surface area contributed by atoms with Gasteiger partial charge in [0.1, 0.15) is 0 Å². The quantitative estimate of drug-likeness (QED) is 0.810. The van der Waals surface area contributed by atoms with Gasteiger partial charge in [0.2, 0.25) is 5.91 Å². The van der Waals surface area contributed by atoms with Crippen molar-refractivity contribution >= 4 is 5.91 Å². The molecule has 2 aromatic carbocycles. The van der Waals surface area contributed by atoms with Crippen LogP contribution < -0.4 is 5.32 Å². The van der Waals surface area contributed by atoms with Gasteiger partial charge in [0.25, 0.3) is 0 Å². The summed E-state index contributed by atoms with van der Waals surface area (Å²) in [6.07, 6.45) is 7.73. The standard InChI is InChI=1S/C25H29NO/c1-24(21-8-4-2-5-9-21,22-10-6-3-7-11-22)23(27)26-25-15-18-12-19(16-25)14-20(13-18)17-25/h2-11,18-20H,12-17H2,1H3,(H,26,27). The molecule has 1 amide bonds. The number of nitrogens with one attached hydrogen (secondary N) is 1. The van der Waals surface area contributed by atoms with Crippen molar-refractivity contribution in [3.8, 4) is 0 Å². The Morgan fingerprint density at radius 3 is 1.63 bits per heavy atom. The summed E-state index contributed by atoms with van der Waals surface area (Å²) in [5.74, 6) is 2.66. The monoisotopic (exact) mass is 359 g/mol. The number of rotatable bonds is 4. The van der Waals surface area contributed by atoms with Crippen LogP contribution in [-0.4, -0.2) is 11.4 Å². The molecule has 2 nitrogen and oxygen atoms in total. The Labute approximate surface area is 162 Å². The molecule has 0 aromatic heterocycles. The van der Waals surface area contributed by atoms with Gasteiger partial charge >= 0.3 is 0 Å². The Balaban J connectivity index is 1.50. The first-order valence-corrected chi connectivity index (χ1v) is 10.5. The summed E-state index contributed by atoms with van der Waals surface area (Å²) >= 11 is 0. The van der Waals surface area contributed by atoms with E-state index in [2.05, 4.69) is 36.5 Å². The Morgan fingerprint density at radius 1 is 0.815 bits per heavy atom. The molecule has 140 valence electrons. The number of hydrogen-bond donors (Lipinski definition) is 1. The lowest BCUT2D eigenvalue weighted by molar-refractivity contribution is -0.130. The normalized spacial score (nSPS) is 31.7. The van der Waals surface area contributed by atoms with Gasteiger partial charge in [-0.25, -0.2) is 0 Å². The number of amides is 1. The number of carbonyl (C=O) groups is 1. The van der Waals surface area contributed by atoms with Crippen molar-refractivity contribution in [2.45, 2.75) is 56.4 Å². The van der Waals surface area contributed by atoms with Crippen LogP contribution in [0.25, 0.3) is 0 Å². The molecular formula is C25H29NO. The SMILES string of the molecule is CC(C(=O)NC12CC3CC(CC(C3)C1)C2)(c1ccccc1)c1ccccc1. The highest BCUT2D eigenvalue weighted by molar-refractivity contribution is 5.92. The van der Waals surface area contributed by atoms with Crippen LogP contribution in [-0.2, 0) is 10.2 Å². The van der Waals surface area contributed by atoms with Crippen LogP contribution in [0.3, 0.4) is 0 Å². The summed E-state index contributed by atoms with van der Waals surface area (Å²) < 4.78 is 0. The third-order valence-corrected chi connectivity index (χ3v) is 7.57. The van der Waals surface area contributed by atoms with Gasteiger partial charge < -0.3 is 5.32 Å². The van der Waals surface area contributed by atoms with Crippen molar-refractivity contribution in [2.24, 2.45) is 17.8 Å². The molecule has 0 saturated heterocycles. The maximum Gasteiger partial charge on any atom is 0.235 e. The third kappa shape index (κ3) is 2.81. The van der Waals surface area contributed by atoms with E-state index in [1.54, 1.807) is 0 Å². The summed E-state index contributed by atoms with van der Waals surface area (Å²) in [5.41, 5.74) is 1.51. The van der Waals surface area contributed by atoms with Gasteiger partial charge in [-0.15, -0.1) is 0 Å². The first-order valence-electron chi connectivity index (χ1n) is 10.5. The first kappa shape index (κ1) is 17.0. The molecule has 4 fully saturated rings. The number of benzene rings is 2. The molecule has 0 unspecified atom stereocenters. The maximum atomic E-state index is 13.8. The molecule has 6 rings (SSSR count). The van der Waals surface area contributed by atoms with E-state index < -0.39 is 5.41 Å². The van der Waals surface area contributed by atoms with Crippen LogP contribution in [0.15, 0.2) is 60.7 Å². The third-order valence-electron chi connectivity index (χ3n) is 7.57. The summed E-state index contributed by atoms with van der Waals surface area (Å²) in [4.78, 5) is 13.8. The van der Waals surface area contributed by atoms with Crippen molar-refractivity contribution in [1.82, 2.24) is 5.32 Å². The smallest absolute Gasteiger partial charge is 0.235 e. The van der Waals surface area contributed by atoms with Crippen LogP contribution in [0.1, 0.15) is 56.6 Å². The minimum atomic E-state index is -0.661. The summed E-state index contributed by atoms with van der Waals surface area (Å²) in [6, 6.07) is 20.5. The Kier molecular flexibility index (Phi) is 3.93. The predicted octanol–water partition coefficient (Wildman–Crippen LogP) is 5.08. The molecule has 4 aliphatic rings. The minimum absolute atomic E-state index is 0.0383. The molecule has 0 aliphatic heterocycles. The summed E-state index contributed by atoms with van der Waals surface area (Å²) in [5, 5.41) is 3.62. The minimum Gasteiger partial charge on any atom is -0.350 e. The highest BCUT2D eigenvalue weighted by Gasteiger charge is 2.53. The zero-order chi connectivity index (χ0) is 18.5. The van der Waals surface area contributed by atoms with Gasteiger partial charge in [0.05, 0.1) is 5.41 Å². The van der Waals surface area contributed by atoms with Gasteiger partial charge in [0, 0.05) is 5.54 Å². The average Bonchev–Trinajstić information content (AvgIpc) is 2.67. The molecule has 2 heteroatoms. The molecule has 0 heterocycles. The zero-order valence-electron chi connectivity index (χ0n) is 16.2. The second-order valence-corrected chi connectivity index (χ2v) is 9.51. The van der Waals surface area contributed by atoms with Crippen molar-refractivity contribution in [2.75, 3.05) is 0 Å². The summed E-state index contributed by atoms with van der Waals surface area (Å²) in [7, 11) is 0. The largest absolute Gasteiger partial charge is 0.350 e. The van der Waals surface area contributed by atoms with E-state index in [0.717, 1.165) is 28.9 Å². The topological polar surface area (TPSA) is 29.1 Å². The van der Waals surface area contributed by atoms with E-state index in [1.807, 2.05) is 36.4 Å². The average molecular weight is 360 g/mol. The van der Waals surface area contributed by atoms with E-state index in [1.165, 1.54) is 38.5 Å². The second-order valence-electron chi connectivity index (χ2n) is 9.51. The second kappa shape index (κ2) is 6.22. The molecule has 2 aromatic rings. The fourth-order valence-corrected chi connectivity index (χ4v) is 6.60.